The molecule has 0 aromatic heterocycles. The number of hydrogen-bond donors (Lipinski definition) is 1. The van der Waals surface area contributed by atoms with Crippen LogP contribution in [0, 0.1) is 11.3 Å². The van der Waals surface area contributed by atoms with Crippen molar-refractivity contribution in [2.75, 3.05) is 13.1 Å². The van der Waals surface area contributed by atoms with Gasteiger partial charge in [-0.2, -0.15) is 5.26 Å². The molecule has 0 atom stereocenters. The molecule has 0 aromatic carbocycles. The number of hydrogen-bond acceptors (Lipinski definition) is 2. The second-order valence-electron chi connectivity index (χ2n) is 2.40. The molecule has 0 saturated heterocycles. The molecule has 0 aliphatic rings. The fraction of sp³-hybridized carbons (Fsp3) is 0.875. The van der Waals surface area contributed by atoms with Crippen LogP contribution in [0.15, 0.2) is 0 Å². The highest BCUT2D eigenvalue weighted by Crippen LogP contribution is 1.96. The van der Waals surface area contributed by atoms with Crippen molar-refractivity contribution in [3.63, 3.8) is 0 Å². The molecule has 1 N–H and O–H groups in total. The van der Waals surface area contributed by atoms with Gasteiger partial charge in [0.15, 0.2) is 0 Å². The number of nitrogens with one attached hydrogen (secondary N) is 1. The minimum Gasteiger partial charge on any atom is -0.304 e. The molecule has 0 aliphatic carbocycles. The third-order valence-corrected chi connectivity index (χ3v) is 1.41. The lowest BCUT2D eigenvalue weighted by Gasteiger charge is -1.97. The van der Waals surface area contributed by atoms with Gasteiger partial charge in [0.25, 0.3) is 0 Å². The van der Waals surface area contributed by atoms with E-state index in [1.54, 1.807) is 0 Å². The van der Waals surface area contributed by atoms with Gasteiger partial charge in [-0.3, -0.25) is 0 Å². The molecular formula is C8H16N2. The van der Waals surface area contributed by atoms with Gasteiger partial charge in [0.2, 0.25) is 0 Å². The first-order chi connectivity index (χ1) is 4.91. The van der Waals surface area contributed by atoms with Crippen LogP contribution in [0.2, 0.25) is 0 Å². The molecule has 0 aliphatic heterocycles. The first-order valence-corrected chi connectivity index (χ1v) is 3.99. The molecule has 0 radical (unpaired) electrons. The van der Waals surface area contributed by atoms with Crippen molar-refractivity contribution >= 4 is 0 Å². The highest BCUT2D eigenvalue weighted by atomic mass is 14.8. The molecule has 10 heavy (non-hydrogen) atoms. The van der Waals surface area contributed by atoms with E-state index in [2.05, 4.69) is 12.2 Å². The largest absolute Gasteiger partial charge is 0.304 e. The molecule has 58 valence electrons. The topological polar surface area (TPSA) is 35.8 Å². The van der Waals surface area contributed by atoms with Crippen LogP contribution in [-0.4, -0.2) is 13.1 Å². The number of rotatable bonds is 6. The summed E-state index contributed by atoms with van der Waals surface area (Å²) in [6.07, 6.45) is 5.08. The fourth-order valence-electron chi connectivity index (χ4n) is 0.821. The van der Waals surface area contributed by atoms with Crippen molar-refractivity contribution in [3.05, 3.63) is 0 Å². The molecule has 0 amide bonds. The minimum absolute atomic E-state index is 0.492. The summed E-state index contributed by atoms with van der Waals surface area (Å²) >= 11 is 0. The predicted molar refractivity (Wildman–Crippen MR) is 42.6 cm³/mol. The summed E-state index contributed by atoms with van der Waals surface area (Å²) in [6.45, 7) is 3.68. The van der Waals surface area contributed by atoms with E-state index in [0.717, 1.165) is 6.54 Å². The number of unbranched alkanes of at least 4 members (excludes halogenated alkanes) is 3. The highest BCUT2D eigenvalue weighted by molar-refractivity contribution is 4.72. The Labute approximate surface area is 63.2 Å². The zero-order chi connectivity index (χ0) is 7.66. The average molecular weight is 140 g/mol. The van der Waals surface area contributed by atoms with E-state index in [0.29, 0.717) is 6.54 Å². The fourth-order valence-corrected chi connectivity index (χ4v) is 0.821. The second-order valence-corrected chi connectivity index (χ2v) is 2.40. The van der Waals surface area contributed by atoms with Gasteiger partial charge in [-0.15, -0.1) is 0 Å². The summed E-state index contributed by atoms with van der Waals surface area (Å²) < 4.78 is 0. The van der Waals surface area contributed by atoms with Crippen LogP contribution in [0.3, 0.4) is 0 Å². The third kappa shape index (κ3) is 7.45. The Balaban J connectivity index is 2.72. The normalized spacial score (nSPS) is 9.20. The Kier molecular flexibility index (Phi) is 7.99. The smallest absolute Gasteiger partial charge is 0.0840 e. The van der Waals surface area contributed by atoms with E-state index < -0.39 is 0 Å². The lowest BCUT2D eigenvalue weighted by atomic mass is 10.2. The molecule has 0 aromatic rings. The maximum atomic E-state index is 8.16. The lowest BCUT2D eigenvalue weighted by molar-refractivity contribution is 0.622. The van der Waals surface area contributed by atoms with E-state index in [-0.39, 0.29) is 0 Å². The summed E-state index contributed by atoms with van der Waals surface area (Å²) in [5.74, 6) is 0. The van der Waals surface area contributed by atoms with Gasteiger partial charge < -0.3 is 5.32 Å². The molecule has 0 fully saturated rings. The van der Waals surface area contributed by atoms with Gasteiger partial charge >= 0.3 is 0 Å². The van der Waals surface area contributed by atoms with Crippen LogP contribution in [0.1, 0.15) is 32.6 Å². The molecule has 2 nitrogen and oxygen atoms in total. The molecule has 2 heteroatoms. The Morgan fingerprint density at radius 1 is 1.30 bits per heavy atom. The van der Waals surface area contributed by atoms with Crippen LogP contribution in [-0.2, 0) is 0 Å². The van der Waals surface area contributed by atoms with Crippen molar-refractivity contribution < 1.29 is 0 Å². The van der Waals surface area contributed by atoms with Crippen molar-refractivity contribution in [2.24, 2.45) is 0 Å². The summed E-state index contributed by atoms with van der Waals surface area (Å²) in [7, 11) is 0. The highest BCUT2D eigenvalue weighted by Gasteiger charge is 1.85. The predicted octanol–water partition coefficient (Wildman–Crippen LogP) is 1.68. The van der Waals surface area contributed by atoms with E-state index in [1.165, 1.54) is 25.7 Å². The first kappa shape index (κ1) is 9.45. The Hall–Kier alpha value is -0.550. The average Bonchev–Trinajstić information content (AvgIpc) is 1.97. The maximum Gasteiger partial charge on any atom is 0.0840 e. The summed E-state index contributed by atoms with van der Waals surface area (Å²) in [5.41, 5.74) is 0. The van der Waals surface area contributed by atoms with Crippen molar-refractivity contribution in [1.29, 1.82) is 5.26 Å². The summed E-state index contributed by atoms with van der Waals surface area (Å²) in [5, 5.41) is 11.2. The van der Waals surface area contributed by atoms with Crippen LogP contribution >= 0.6 is 0 Å². The van der Waals surface area contributed by atoms with Crippen molar-refractivity contribution in [3.8, 4) is 6.07 Å². The van der Waals surface area contributed by atoms with Crippen molar-refractivity contribution in [1.82, 2.24) is 5.32 Å². The van der Waals surface area contributed by atoms with Crippen LogP contribution < -0.4 is 5.32 Å². The minimum atomic E-state index is 0.492. The molecule has 0 rings (SSSR count). The number of nitrogens with zero attached hydrogens (tertiary/aromatic N) is 1. The van der Waals surface area contributed by atoms with Gasteiger partial charge in [-0.1, -0.05) is 26.2 Å². The van der Waals surface area contributed by atoms with E-state index in [1.807, 2.05) is 6.07 Å². The Bertz CT molecular complexity index is 93.9. The SMILES string of the molecule is CCCCCCNCC#N. The molecule has 0 spiro atoms. The monoisotopic (exact) mass is 140 g/mol. The van der Waals surface area contributed by atoms with Crippen LogP contribution in [0.5, 0.6) is 0 Å². The summed E-state index contributed by atoms with van der Waals surface area (Å²) in [4.78, 5) is 0. The van der Waals surface area contributed by atoms with Gasteiger partial charge in [-0.25, -0.2) is 0 Å². The molecule has 0 bridgehead atoms. The van der Waals surface area contributed by atoms with Gasteiger partial charge in [0, 0.05) is 0 Å². The molecule has 0 unspecified atom stereocenters. The summed E-state index contributed by atoms with van der Waals surface area (Å²) in [6, 6.07) is 2.05. The van der Waals surface area contributed by atoms with Gasteiger partial charge in [-0.05, 0) is 13.0 Å². The van der Waals surface area contributed by atoms with Gasteiger partial charge in [0.1, 0.15) is 0 Å². The zero-order valence-electron chi connectivity index (χ0n) is 6.69. The lowest BCUT2D eigenvalue weighted by Crippen LogP contribution is -2.14. The number of nitriles is 1. The quantitative estimate of drug-likeness (QED) is 0.450. The Morgan fingerprint density at radius 3 is 2.70 bits per heavy atom. The molecule has 0 saturated carbocycles. The second kappa shape index (κ2) is 8.45. The van der Waals surface area contributed by atoms with Crippen LogP contribution in [0.25, 0.3) is 0 Å². The first-order valence-electron chi connectivity index (χ1n) is 3.99. The van der Waals surface area contributed by atoms with E-state index in [4.69, 9.17) is 5.26 Å². The third-order valence-electron chi connectivity index (χ3n) is 1.41. The standard InChI is InChI=1S/C8H16N2/c1-2-3-4-5-7-10-8-6-9/h10H,2-5,7-8H2,1H3. The molecule has 0 heterocycles. The van der Waals surface area contributed by atoms with E-state index in [9.17, 15) is 0 Å². The zero-order valence-corrected chi connectivity index (χ0v) is 6.69. The van der Waals surface area contributed by atoms with E-state index >= 15 is 0 Å². The van der Waals surface area contributed by atoms with Gasteiger partial charge in [0.05, 0.1) is 12.6 Å². The Morgan fingerprint density at radius 2 is 2.10 bits per heavy atom. The van der Waals surface area contributed by atoms with Crippen LogP contribution in [0.4, 0.5) is 0 Å². The van der Waals surface area contributed by atoms with Crippen molar-refractivity contribution in [2.45, 2.75) is 32.6 Å². The molecular weight excluding hydrogens is 124 g/mol. The maximum absolute atomic E-state index is 8.16.